The van der Waals surface area contributed by atoms with E-state index in [-0.39, 0.29) is 5.75 Å². The number of benzene rings is 2. The maximum Gasteiger partial charge on any atom is 0.126 e. The van der Waals surface area contributed by atoms with Crippen LogP contribution >= 0.6 is 0 Å². The number of hydrogen-bond donors (Lipinski definition) is 1. The highest BCUT2D eigenvalue weighted by Gasteiger charge is 2.08. The van der Waals surface area contributed by atoms with E-state index in [4.69, 9.17) is 14.8 Å². The fourth-order valence-corrected chi connectivity index (χ4v) is 2.93. The quantitative estimate of drug-likeness (QED) is 0.940. The molecule has 5 heteroatoms. The van der Waals surface area contributed by atoms with Crippen molar-refractivity contribution in [2.75, 3.05) is 13.4 Å². The monoisotopic (exact) mass is 300 g/mol. The number of nitrogens with zero attached hydrogens (tertiary/aromatic N) is 1. The van der Waals surface area contributed by atoms with Crippen LogP contribution in [0.3, 0.4) is 0 Å². The van der Waals surface area contributed by atoms with E-state index in [1.165, 1.54) is 6.26 Å². The van der Waals surface area contributed by atoms with Crippen molar-refractivity contribution in [3.63, 3.8) is 0 Å². The van der Waals surface area contributed by atoms with Crippen LogP contribution in [0.2, 0.25) is 0 Å². The molecule has 0 heterocycles. The van der Waals surface area contributed by atoms with Crippen LogP contribution in [0, 0.1) is 16.1 Å². The molecule has 0 aromatic heterocycles. The van der Waals surface area contributed by atoms with Gasteiger partial charge in [0.15, 0.2) is 0 Å². The van der Waals surface area contributed by atoms with Crippen LogP contribution in [0.25, 0.3) is 11.1 Å². The molecule has 21 heavy (non-hydrogen) atoms. The van der Waals surface area contributed by atoms with E-state index in [1.807, 2.05) is 24.3 Å². The summed E-state index contributed by atoms with van der Waals surface area (Å²) in [4.78, 5) is 0. The van der Waals surface area contributed by atoms with Gasteiger partial charge in [-0.1, -0.05) is 24.3 Å². The molecule has 0 aliphatic carbocycles. The third kappa shape index (κ3) is 3.83. The first-order valence-corrected chi connectivity index (χ1v) is 8.45. The highest BCUT2D eigenvalue weighted by molar-refractivity contribution is 7.90. The van der Waals surface area contributed by atoms with Gasteiger partial charge in [0.05, 0.1) is 24.5 Å². The molecule has 0 aliphatic heterocycles. The van der Waals surface area contributed by atoms with Gasteiger partial charge >= 0.3 is 0 Å². The van der Waals surface area contributed by atoms with E-state index in [9.17, 15) is 4.21 Å². The van der Waals surface area contributed by atoms with Crippen molar-refractivity contribution in [2.24, 2.45) is 0 Å². The van der Waals surface area contributed by atoms with Crippen LogP contribution in [0.15, 0.2) is 42.5 Å². The Hall–Kier alpha value is -2.32. The predicted molar refractivity (Wildman–Crippen MR) is 83.6 cm³/mol. The Bertz CT molecular complexity index is 788. The molecule has 2 aromatic carbocycles. The summed E-state index contributed by atoms with van der Waals surface area (Å²) in [5.74, 6) is 0.935. The molecule has 0 fully saturated rings. The zero-order valence-electron chi connectivity index (χ0n) is 11.9. The summed E-state index contributed by atoms with van der Waals surface area (Å²) in [6.45, 7) is 0. The number of ether oxygens (including phenoxy) is 1. The van der Waals surface area contributed by atoms with Crippen molar-refractivity contribution < 1.29 is 8.95 Å². The summed E-state index contributed by atoms with van der Waals surface area (Å²) in [5, 5.41) is 9.00. The first-order chi connectivity index (χ1) is 9.93. The molecule has 0 spiro atoms. The first kappa shape index (κ1) is 15.1. The summed E-state index contributed by atoms with van der Waals surface area (Å²) in [7, 11) is -0.957. The number of methoxy groups -OCH3 is 1. The predicted octanol–water partition coefficient (Wildman–Crippen LogP) is 3.41. The van der Waals surface area contributed by atoms with E-state index in [0.717, 1.165) is 16.7 Å². The largest absolute Gasteiger partial charge is 0.496 e. The normalized spacial score (nSPS) is 13.2. The zero-order chi connectivity index (χ0) is 15.5. The summed E-state index contributed by atoms with van der Waals surface area (Å²) in [6.07, 6.45) is 1.43. The molecule has 1 N–H and O–H groups in total. The van der Waals surface area contributed by atoms with Gasteiger partial charge in [0, 0.05) is 21.5 Å². The molecule has 0 saturated heterocycles. The van der Waals surface area contributed by atoms with Crippen molar-refractivity contribution in [3.05, 3.63) is 53.6 Å². The Morgan fingerprint density at radius 2 is 1.90 bits per heavy atom. The average molecular weight is 300 g/mol. The maximum absolute atomic E-state index is 11.5. The van der Waals surface area contributed by atoms with Crippen molar-refractivity contribution in [2.45, 2.75) is 5.75 Å². The smallest absolute Gasteiger partial charge is 0.126 e. The van der Waals surface area contributed by atoms with Crippen molar-refractivity contribution >= 4 is 9.73 Å². The van der Waals surface area contributed by atoms with Gasteiger partial charge in [-0.15, -0.1) is 0 Å². The molecule has 1 unspecified atom stereocenters. The summed E-state index contributed by atoms with van der Waals surface area (Å²) in [6, 6.07) is 14.9. The van der Waals surface area contributed by atoms with Crippen LogP contribution in [-0.4, -0.2) is 17.6 Å². The van der Waals surface area contributed by atoms with Crippen LogP contribution in [0.4, 0.5) is 0 Å². The van der Waals surface area contributed by atoms with Crippen molar-refractivity contribution in [1.29, 1.82) is 10.0 Å². The number of nitrogens with one attached hydrogen (secondary N) is 1. The molecule has 2 aromatic rings. The Kier molecular flexibility index (Phi) is 4.29. The Labute approximate surface area is 125 Å². The van der Waals surface area contributed by atoms with Crippen LogP contribution in [0.1, 0.15) is 11.1 Å². The van der Waals surface area contributed by atoms with Crippen LogP contribution in [-0.2, 0) is 15.5 Å². The van der Waals surface area contributed by atoms with Gasteiger partial charge in [0.2, 0.25) is 0 Å². The highest BCUT2D eigenvalue weighted by atomic mass is 32.2. The molecular weight excluding hydrogens is 284 g/mol. The molecule has 0 radical (unpaired) electrons. The molecule has 0 aliphatic rings. The van der Waals surface area contributed by atoms with E-state index in [1.54, 1.807) is 25.3 Å². The Balaban J connectivity index is 2.41. The number of rotatable bonds is 4. The lowest BCUT2D eigenvalue weighted by Crippen LogP contribution is -1.98. The molecule has 2 rings (SSSR count). The first-order valence-electron chi connectivity index (χ1n) is 6.32. The Morgan fingerprint density at radius 1 is 1.24 bits per heavy atom. The minimum absolute atomic E-state index is 0.239. The molecule has 0 bridgehead atoms. The van der Waals surface area contributed by atoms with Gasteiger partial charge in [0.25, 0.3) is 0 Å². The van der Waals surface area contributed by atoms with Gasteiger partial charge in [0.1, 0.15) is 5.75 Å². The molecule has 4 nitrogen and oxygen atoms in total. The minimum atomic E-state index is -2.55. The third-order valence-corrected chi connectivity index (χ3v) is 3.92. The van der Waals surface area contributed by atoms with Crippen molar-refractivity contribution in [3.8, 4) is 22.9 Å². The summed E-state index contributed by atoms with van der Waals surface area (Å²) < 4.78 is 24.3. The second-order valence-corrected chi connectivity index (χ2v) is 7.17. The lowest BCUT2D eigenvalue weighted by atomic mass is 10.0. The third-order valence-electron chi connectivity index (χ3n) is 3.04. The fourth-order valence-electron chi connectivity index (χ4n) is 2.10. The molecule has 1 atom stereocenters. The van der Waals surface area contributed by atoms with Gasteiger partial charge in [-0.05, 0) is 29.3 Å². The molecular formula is C16H16N2O2S. The SMILES string of the molecule is COc1ccc(C#N)cc1-c1ccc(CS(C)(=N)=O)cc1. The van der Waals surface area contributed by atoms with E-state index >= 15 is 0 Å². The van der Waals surface area contributed by atoms with Crippen LogP contribution in [0.5, 0.6) is 5.75 Å². The summed E-state index contributed by atoms with van der Waals surface area (Å²) in [5.41, 5.74) is 3.18. The van der Waals surface area contributed by atoms with Crippen LogP contribution < -0.4 is 4.74 Å². The fraction of sp³-hybridized carbons (Fsp3) is 0.188. The lowest BCUT2D eigenvalue weighted by Gasteiger charge is -2.10. The van der Waals surface area contributed by atoms with Gasteiger partial charge in [-0.3, -0.25) is 4.78 Å². The highest BCUT2D eigenvalue weighted by Crippen LogP contribution is 2.31. The maximum atomic E-state index is 11.5. The summed E-state index contributed by atoms with van der Waals surface area (Å²) >= 11 is 0. The number of nitriles is 1. The van der Waals surface area contributed by atoms with Gasteiger partial charge in [-0.2, -0.15) is 5.26 Å². The lowest BCUT2D eigenvalue weighted by molar-refractivity contribution is 0.416. The van der Waals surface area contributed by atoms with Gasteiger partial charge in [-0.25, -0.2) is 4.21 Å². The molecule has 0 amide bonds. The second kappa shape index (κ2) is 5.98. The Morgan fingerprint density at radius 3 is 2.43 bits per heavy atom. The standard InChI is InChI=1S/C16H16N2O2S/c1-20-16-8-5-13(10-17)9-15(16)14-6-3-12(4-7-14)11-21(2,18)19/h3-9,18H,11H2,1-2H3. The second-order valence-electron chi connectivity index (χ2n) is 4.87. The average Bonchev–Trinajstić information content (AvgIpc) is 2.45. The zero-order valence-corrected chi connectivity index (χ0v) is 12.7. The van der Waals surface area contributed by atoms with E-state index in [0.29, 0.717) is 11.3 Å². The van der Waals surface area contributed by atoms with E-state index in [2.05, 4.69) is 6.07 Å². The molecule has 108 valence electrons. The molecule has 0 saturated carbocycles. The van der Waals surface area contributed by atoms with Crippen molar-refractivity contribution in [1.82, 2.24) is 0 Å². The minimum Gasteiger partial charge on any atom is -0.496 e. The van der Waals surface area contributed by atoms with Gasteiger partial charge < -0.3 is 4.74 Å². The van der Waals surface area contributed by atoms with E-state index < -0.39 is 9.73 Å². The number of hydrogen-bond acceptors (Lipinski definition) is 4. The topological polar surface area (TPSA) is 73.9 Å².